The van der Waals surface area contributed by atoms with Crippen LogP contribution in [0.25, 0.3) is 22.3 Å². The number of nitrogens with zero attached hydrogens (tertiary/aromatic N) is 4. The number of nitrogens with one attached hydrogen (secondary N) is 1. The van der Waals surface area contributed by atoms with Crippen molar-refractivity contribution < 1.29 is 9.59 Å². The zero-order valence-corrected chi connectivity index (χ0v) is 19.9. The number of carbonyl (C=O) groups is 2. The molecule has 3 heterocycles. The third kappa shape index (κ3) is 4.76. The van der Waals surface area contributed by atoms with Crippen molar-refractivity contribution in [2.24, 2.45) is 7.05 Å². The highest BCUT2D eigenvalue weighted by molar-refractivity contribution is 6.00. The summed E-state index contributed by atoms with van der Waals surface area (Å²) in [4.78, 5) is 32.0. The van der Waals surface area contributed by atoms with Gasteiger partial charge in [0.25, 0.3) is 11.8 Å². The number of carbonyl (C=O) groups excluding carboxylic acids is 2. The molecule has 4 aromatic rings. The maximum absolute atomic E-state index is 13.1. The van der Waals surface area contributed by atoms with Crippen molar-refractivity contribution in [2.75, 3.05) is 24.6 Å². The van der Waals surface area contributed by atoms with Crippen molar-refractivity contribution in [3.63, 3.8) is 0 Å². The molecule has 36 heavy (non-hydrogen) atoms. The van der Waals surface area contributed by atoms with Crippen LogP contribution in [0.5, 0.6) is 0 Å². The number of likely N-dealkylation sites (tertiary alicyclic amines) is 1. The lowest BCUT2D eigenvalue weighted by Crippen LogP contribution is -2.38. The first-order valence-electron chi connectivity index (χ1n) is 11.7. The molecule has 1 fully saturated rings. The Bertz CT molecular complexity index is 1410. The largest absolute Gasteiger partial charge is 0.399 e. The van der Waals surface area contributed by atoms with Crippen molar-refractivity contribution in [1.29, 1.82) is 0 Å². The number of nitrogens with two attached hydrogens (primary N) is 2. The van der Waals surface area contributed by atoms with E-state index < -0.39 is 0 Å². The molecule has 2 aromatic heterocycles. The van der Waals surface area contributed by atoms with Crippen LogP contribution in [0.1, 0.15) is 27.1 Å². The maximum Gasteiger partial charge on any atom is 0.255 e. The van der Waals surface area contributed by atoms with Crippen LogP contribution in [0.3, 0.4) is 0 Å². The second-order valence-corrected chi connectivity index (χ2v) is 8.97. The molecule has 0 spiro atoms. The van der Waals surface area contributed by atoms with Crippen LogP contribution in [-0.2, 0) is 7.05 Å². The number of rotatable bonds is 5. The molecule has 9 nitrogen and oxygen atoms in total. The molecule has 9 heteroatoms. The van der Waals surface area contributed by atoms with Gasteiger partial charge in [-0.15, -0.1) is 0 Å². The van der Waals surface area contributed by atoms with Crippen molar-refractivity contribution in [2.45, 2.75) is 12.5 Å². The third-order valence-electron chi connectivity index (χ3n) is 6.39. The van der Waals surface area contributed by atoms with Gasteiger partial charge in [-0.1, -0.05) is 24.3 Å². The number of hydrogen-bond acceptors (Lipinski definition) is 6. The SMILES string of the molecule is Cn1cc(-c2cnc(N)c(C(=O)N[C@@H]3CCN(C(=O)c4ccc(-c5ccc(N)cc5)cc4)C3)c2)cn1. The van der Waals surface area contributed by atoms with Gasteiger partial charge >= 0.3 is 0 Å². The lowest BCUT2D eigenvalue weighted by Gasteiger charge is -2.18. The minimum absolute atomic E-state index is 0.0599. The van der Waals surface area contributed by atoms with Gasteiger partial charge in [0.2, 0.25) is 0 Å². The number of nitrogen functional groups attached to an aromatic ring is 2. The number of hydrogen-bond donors (Lipinski definition) is 3. The summed E-state index contributed by atoms with van der Waals surface area (Å²) < 4.78 is 1.68. The second-order valence-electron chi connectivity index (χ2n) is 8.97. The molecular formula is C27H27N7O2. The van der Waals surface area contributed by atoms with Gasteiger partial charge in [0.15, 0.2) is 0 Å². The Labute approximate surface area is 208 Å². The van der Waals surface area contributed by atoms with Crippen LogP contribution in [0.4, 0.5) is 11.5 Å². The highest BCUT2D eigenvalue weighted by Gasteiger charge is 2.29. The van der Waals surface area contributed by atoms with Crippen LogP contribution in [0.2, 0.25) is 0 Å². The average molecular weight is 482 g/mol. The number of anilines is 2. The standard InChI is InChI=1S/C27H27N7O2/c1-33-15-21(14-31-33)20-12-24(25(29)30-13-20)26(35)32-23-10-11-34(16-23)27(36)19-4-2-17(3-5-19)18-6-8-22(28)9-7-18/h2-9,12-15,23H,10-11,16,28H2,1H3,(H2,29,30)(H,32,35)/t23-/m1/s1. The normalized spacial score (nSPS) is 15.1. The van der Waals surface area contributed by atoms with E-state index in [1.54, 1.807) is 28.0 Å². The monoisotopic (exact) mass is 481 g/mol. The number of aromatic nitrogens is 3. The number of aryl methyl sites for hydroxylation is 1. The second kappa shape index (κ2) is 9.53. The third-order valence-corrected chi connectivity index (χ3v) is 6.39. The first-order chi connectivity index (χ1) is 17.4. The van der Waals surface area contributed by atoms with Crippen molar-refractivity contribution in [1.82, 2.24) is 25.0 Å². The van der Waals surface area contributed by atoms with Crippen LogP contribution in [0.15, 0.2) is 73.2 Å². The highest BCUT2D eigenvalue weighted by atomic mass is 16.2. The van der Waals surface area contributed by atoms with Gasteiger partial charge in [0.1, 0.15) is 5.82 Å². The fraction of sp³-hybridized carbons (Fsp3) is 0.185. The van der Waals surface area contributed by atoms with Gasteiger partial charge in [0.05, 0.1) is 11.8 Å². The van der Waals surface area contributed by atoms with Crippen molar-refractivity contribution >= 4 is 23.3 Å². The number of amides is 2. The zero-order valence-electron chi connectivity index (χ0n) is 19.9. The van der Waals surface area contributed by atoms with Crippen LogP contribution in [-0.4, -0.2) is 50.6 Å². The van der Waals surface area contributed by atoms with E-state index in [1.807, 2.05) is 61.8 Å². The molecule has 1 aliphatic rings. The first kappa shape index (κ1) is 23.1. The van der Waals surface area contributed by atoms with E-state index in [-0.39, 0.29) is 23.7 Å². The van der Waals surface area contributed by atoms with E-state index in [1.165, 1.54) is 0 Å². The zero-order chi connectivity index (χ0) is 25.2. The Hall–Kier alpha value is -4.66. The summed E-state index contributed by atoms with van der Waals surface area (Å²) in [7, 11) is 1.82. The predicted octanol–water partition coefficient (Wildman–Crippen LogP) is 2.96. The molecule has 1 aliphatic heterocycles. The van der Waals surface area contributed by atoms with Gasteiger partial charge in [-0.3, -0.25) is 14.3 Å². The summed E-state index contributed by atoms with van der Waals surface area (Å²) in [6.45, 7) is 0.993. The van der Waals surface area contributed by atoms with Gasteiger partial charge in [-0.05, 0) is 47.9 Å². The molecule has 0 saturated carbocycles. The highest BCUT2D eigenvalue weighted by Crippen LogP contribution is 2.24. The van der Waals surface area contributed by atoms with E-state index in [0.29, 0.717) is 36.3 Å². The van der Waals surface area contributed by atoms with E-state index >= 15 is 0 Å². The van der Waals surface area contributed by atoms with Crippen LogP contribution < -0.4 is 16.8 Å². The Morgan fingerprint density at radius 3 is 2.31 bits per heavy atom. The lowest BCUT2D eigenvalue weighted by molar-refractivity contribution is 0.0783. The minimum Gasteiger partial charge on any atom is -0.399 e. The van der Waals surface area contributed by atoms with Gasteiger partial charge in [0, 0.05) is 61.0 Å². The molecule has 5 N–H and O–H groups in total. The van der Waals surface area contributed by atoms with E-state index in [0.717, 1.165) is 22.3 Å². The summed E-state index contributed by atoms with van der Waals surface area (Å²) >= 11 is 0. The molecule has 1 saturated heterocycles. The molecule has 0 bridgehead atoms. The quantitative estimate of drug-likeness (QED) is 0.376. The Balaban J connectivity index is 1.22. The summed E-state index contributed by atoms with van der Waals surface area (Å²) in [5, 5.41) is 7.17. The van der Waals surface area contributed by atoms with E-state index in [2.05, 4.69) is 15.4 Å². The summed E-state index contributed by atoms with van der Waals surface area (Å²) in [5.74, 6) is -0.208. The van der Waals surface area contributed by atoms with E-state index in [9.17, 15) is 9.59 Å². The smallest absolute Gasteiger partial charge is 0.255 e. The summed E-state index contributed by atoms with van der Waals surface area (Å²) in [6, 6.07) is 16.7. The van der Waals surface area contributed by atoms with E-state index in [4.69, 9.17) is 11.5 Å². The molecule has 0 unspecified atom stereocenters. The first-order valence-corrected chi connectivity index (χ1v) is 11.7. The molecule has 2 amide bonds. The Morgan fingerprint density at radius 1 is 0.944 bits per heavy atom. The molecule has 182 valence electrons. The average Bonchev–Trinajstić information content (AvgIpc) is 3.53. The van der Waals surface area contributed by atoms with Gasteiger partial charge in [-0.2, -0.15) is 5.10 Å². The topological polar surface area (TPSA) is 132 Å². The molecule has 0 aliphatic carbocycles. The van der Waals surface area contributed by atoms with Gasteiger partial charge < -0.3 is 21.7 Å². The maximum atomic E-state index is 13.1. The van der Waals surface area contributed by atoms with Crippen molar-refractivity contribution in [3.8, 4) is 22.3 Å². The number of pyridine rings is 1. The Kier molecular flexibility index (Phi) is 6.12. The predicted molar refractivity (Wildman–Crippen MR) is 139 cm³/mol. The minimum atomic E-state index is -0.308. The van der Waals surface area contributed by atoms with Crippen LogP contribution >= 0.6 is 0 Å². The fourth-order valence-electron chi connectivity index (χ4n) is 4.37. The molecule has 5 rings (SSSR count). The fourth-order valence-corrected chi connectivity index (χ4v) is 4.37. The van der Waals surface area contributed by atoms with Crippen molar-refractivity contribution in [3.05, 3.63) is 84.3 Å². The molecule has 2 aromatic carbocycles. The summed E-state index contributed by atoms with van der Waals surface area (Å²) in [6.07, 6.45) is 5.84. The molecular weight excluding hydrogens is 454 g/mol. The van der Waals surface area contributed by atoms with Crippen LogP contribution in [0, 0.1) is 0 Å². The number of benzene rings is 2. The van der Waals surface area contributed by atoms with Gasteiger partial charge in [-0.25, -0.2) is 4.98 Å². The molecule has 1 atom stereocenters. The molecule has 0 radical (unpaired) electrons. The lowest BCUT2D eigenvalue weighted by atomic mass is 10.0. The summed E-state index contributed by atoms with van der Waals surface area (Å²) in [5.41, 5.74) is 17.0. The Morgan fingerprint density at radius 2 is 1.64 bits per heavy atom.